The van der Waals surface area contributed by atoms with Crippen molar-refractivity contribution in [1.29, 1.82) is 0 Å². The van der Waals surface area contributed by atoms with Crippen molar-refractivity contribution in [3.05, 3.63) is 11.3 Å². The Balaban J connectivity index is 2.29. The van der Waals surface area contributed by atoms with Gasteiger partial charge in [0.2, 0.25) is 0 Å². The van der Waals surface area contributed by atoms with Crippen LogP contribution in [0.1, 0.15) is 64.2 Å². The van der Waals surface area contributed by atoms with E-state index >= 15 is 0 Å². The lowest BCUT2D eigenvalue weighted by Gasteiger charge is -2.07. The van der Waals surface area contributed by atoms with Gasteiger partial charge in [-0.3, -0.25) is 0 Å². The fraction of sp³-hybridized carbons (Fsp3) is 0.833. The second-order valence-corrected chi connectivity index (χ2v) is 5.61. The number of rotatable bonds is 1. The molecule has 82 valence electrons. The summed E-state index contributed by atoms with van der Waals surface area (Å²) in [5.74, 6) is 0. The van der Waals surface area contributed by atoms with E-state index in [2.05, 4.69) is 6.08 Å². The maximum Gasteiger partial charge on any atom is 0.183 e. The van der Waals surface area contributed by atoms with Crippen LogP contribution in [-0.4, -0.2) is 14.6 Å². The van der Waals surface area contributed by atoms with Crippen LogP contribution in [-0.2, 0) is 0 Å². The Morgan fingerprint density at radius 1 is 0.857 bits per heavy atom. The SMILES string of the molecule is O[SiH2]C1=CCCCCCCCCCC1. The maximum atomic E-state index is 9.27. The van der Waals surface area contributed by atoms with E-state index in [1.54, 1.807) is 0 Å². The molecule has 0 saturated heterocycles. The van der Waals surface area contributed by atoms with Gasteiger partial charge in [-0.05, 0) is 25.7 Å². The van der Waals surface area contributed by atoms with E-state index in [1.807, 2.05) is 0 Å². The molecule has 0 aromatic carbocycles. The van der Waals surface area contributed by atoms with Gasteiger partial charge in [0.25, 0.3) is 0 Å². The van der Waals surface area contributed by atoms with Crippen LogP contribution in [0.25, 0.3) is 0 Å². The zero-order valence-corrected chi connectivity index (χ0v) is 10.7. The van der Waals surface area contributed by atoms with Crippen molar-refractivity contribution in [2.75, 3.05) is 0 Å². The number of allylic oxidation sites excluding steroid dienone is 2. The van der Waals surface area contributed by atoms with Crippen LogP contribution in [0.2, 0.25) is 0 Å². The molecular weight excluding hydrogens is 188 g/mol. The van der Waals surface area contributed by atoms with Gasteiger partial charge in [-0.25, -0.2) is 0 Å². The number of hydrogen-bond acceptors (Lipinski definition) is 1. The topological polar surface area (TPSA) is 20.2 Å². The van der Waals surface area contributed by atoms with Crippen molar-refractivity contribution in [3.63, 3.8) is 0 Å². The molecule has 0 unspecified atom stereocenters. The quantitative estimate of drug-likeness (QED) is 0.663. The van der Waals surface area contributed by atoms with Gasteiger partial charge in [-0.2, -0.15) is 0 Å². The van der Waals surface area contributed by atoms with Crippen LogP contribution in [0.4, 0.5) is 0 Å². The predicted molar refractivity (Wildman–Crippen MR) is 65.0 cm³/mol. The highest BCUT2D eigenvalue weighted by atomic mass is 28.2. The fourth-order valence-corrected chi connectivity index (χ4v) is 2.85. The van der Waals surface area contributed by atoms with Crippen molar-refractivity contribution in [3.8, 4) is 0 Å². The lowest BCUT2D eigenvalue weighted by Crippen LogP contribution is -1.96. The van der Waals surface area contributed by atoms with E-state index in [-0.39, 0.29) is 0 Å². The zero-order chi connectivity index (χ0) is 10.1. The lowest BCUT2D eigenvalue weighted by molar-refractivity contribution is 0.560. The van der Waals surface area contributed by atoms with Crippen LogP contribution in [0.5, 0.6) is 0 Å². The maximum absolute atomic E-state index is 9.27. The standard InChI is InChI=1S/C12H24OSi/c13-14-12-10-8-6-4-2-1-3-5-7-9-11-12/h10,13H,1-9,11,14H2. The predicted octanol–water partition coefficient (Wildman–Crippen LogP) is 2.86. The van der Waals surface area contributed by atoms with Crippen molar-refractivity contribution in [2.24, 2.45) is 0 Å². The molecule has 0 fully saturated rings. The largest absolute Gasteiger partial charge is 0.434 e. The molecule has 0 aliphatic heterocycles. The minimum atomic E-state index is -0.855. The smallest absolute Gasteiger partial charge is 0.183 e. The highest BCUT2D eigenvalue weighted by molar-refractivity contribution is 6.36. The summed E-state index contributed by atoms with van der Waals surface area (Å²) < 4.78 is 0. The Hall–Kier alpha value is -0.0831. The van der Waals surface area contributed by atoms with Crippen molar-refractivity contribution >= 4 is 9.76 Å². The summed E-state index contributed by atoms with van der Waals surface area (Å²) in [4.78, 5) is 9.27. The fourth-order valence-electron chi connectivity index (χ4n) is 2.11. The first-order valence-electron chi connectivity index (χ1n) is 6.22. The highest BCUT2D eigenvalue weighted by Gasteiger charge is 1.99. The van der Waals surface area contributed by atoms with Crippen LogP contribution in [0, 0.1) is 0 Å². The van der Waals surface area contributed by atoms with E-state index in [4.69, 9.17) is 0 Å². The van der Waals surface area contributed by atoms with Gasteiger partial charge >= 0.3 is 0 Å². The first-order valence-corrected chi connectivity index (χ1v) is 7.56. The molecule has 1 nitrogen and oxygen atoms in total. The molecule has 2 heteroatoms. The minimum absolute atomic E-state index is 0.855. The average molecular weight is 212 g/mol. The molecule has 0 bridgehead atoms. The van der Waals surface area contributed by atoms with Gasteiger partial charge in [0.15, 0.2) is 9.76 Å². The molecule has 0 saturated carbocycles. The van der Waals surface area contributed by atoms with Crippen LogP contribution >= 0.6 is 0 Å². The molecule has 0 spiro atoms. The van der Waals surface area contributed by atoms with Crippen LogP contribution < -0.4 is 0 Å². The third kappa shape index (κ3) is 5.61. The summed E-state index contributed by atoms with van der Waals surface area (Å²) in [6, 6.07) is 0. The average Bonchev–Trinajstić information content (AvgIpc) is 2.19. The second-order valence-electron chi connectivity index (χ2n) is 4.39. The van der Waals surface area contributed by atoms with Crippen molar-refractivity contribution in [1.82, 2.24) is 0 Å². The van der Waals surface area contributed by atoms with Gasteiger partial charge in [0, 0.05) is 0 Å². The summed E-state index contributed by atoms with van der Waals surface area (Å²) in [7, 11) is -0.855. The Morgan fingerprint density at radius 3 is 2.07 bits per heavy atom. The first kappa shape index (κ1) is 12.0. The number of hydrogen-bond donors (Lipinski definition) is 1. The van der Waals surface area contributed by atoms with Gasteiger partial charge in [-0.15, -0.1) is 0 Å². The summed E-state index contributed by atoms with van der Waals surface area (Å²) in [6.45, 7) is 0. The minimum Gasteiger partial charge on any atom is -0.434 e. The molecule has 0 heterocycles. The van der Waals surface area contributed by atoms with Gasteiger partial charge in [-0.1, -0.05) is 49.8 Å². The van der Waals surface area contributed by atoms with Gasteiger partial charge in [0.05, 0.1) is 0 Å². The molecule has 0 amide bonds. The third-order valence-electron chi connectivity index (χ3n) is 3.09. The molecule has 0 atom stereocenters. The Kier molecular flexibility index (Phi) is 7.06. The zero-order valence-electron chi connectivity index (χ0n) is 9.30. The second kappa shape index (κ2) is 8.24. The summed E-state index contributed by atoms with van der Waals surface area (Å²) in [5.41, 5.74) is 0. The molecule has 0 aromatic heterocycles. The molecule has 1 N–H and O–H groups in total. The van der Waals surface area contributed by atoms with E-state index in [0.29, 0.717) is 0 Å². The molecule has 0 aromatic rings. The molecule has 0 radical (unpaired) electrons. The van der Waals surface area contributed by atoms with E-state index in [0.717, 1.165) is 0 Å². The summed E-state index contributed by atoms with van der Waals surface area (Å²) in [5, 5.41) is 1.41. The summed E-state index contributed by atoms with van der Waals surface area (Å²) in [6.07, 6.45) is 15.8. The summed E-state index contributed by atoms with van der Waals surface area (Å²) >= 11 is 0. The Bertz CT molecular complexity index is 166. The van der Waals surface area contributed by atoms with E-state index in [9.17, 15) is 4.80 Å². The third-order valence-corrected chi connectivity index (χ3v) is 4.14. The van der Waals surface area contributed by atoms with Crippen molar-refractivity contribution < 1.29 is 4.80 Å². The first-order chi connectivity index (χ1) is 6.93. The molecule has 14 heavy (non-hydrogen) atoms. The highest BCUT2D eigenvalue weighted by Crippen LogP contribution is 2.15. The normalized spacial score (nSPS) is 22.8. The molecule has 1 rings (SSSR count). The van der Waals surface area contributed by atoms with E-state index in [1.165, 1.54) is 69.4 Å². The lowest BCUT2D eigenvalue weighted by atomic mass is 10.0. The van der Waals surface area contributed by atoms with Crippen LogP contribution in [0.3, 0.4) is 0 Å². The van der Waals surface area contributed by atoms with E-state index < -0.39 is 9.76 Å². The Morgan fingerprint density at radius 2 is 1.43 bits per heavy atom. The van der Waals surface area contributed by atoms with Gasteiger partial charge < -0.3 is 4.80 Å². The van der Waals surface area contributed by atoms with Crippen LogP contribution in [0.15, 0.2) is 11.3 Å². The van der Waals surface area contributed by atoms with Crippen molar-refractivity contribution in [2.45, 2.75) is 64.2 Å². The molecule has 1 aliphatic carbocycles. The molecule has 1 aliphatic rings. The molecular formula is C12H24OSi. The Labute approximate surface area is 90.6 Å². The monoisotopic (exact) mass is 212 g/mol. The van der Waals surface area contributed by atoms with Gasteiger partial charge in [0.1, 0.15) is 0 Å².